The smallest absolute Gasteiger partial charge is 0.321 e. The first kappa shape index (κ1) is 18.0. The maximum atomic E-state index is 13.9. The van der Waals surface area contributed by atoms with E-state index in [-0.39, 0.29) is 6.54 Å². The number of carbonyl (C=O) groups is 1. The number of nitrogens with zero attached hydrogens (tertiary/aromatic N) is 1. The first-order chi connectivity index (χ1) is 11.3. The highest BCUT2D eigenvalue weighted by Gasteiger charge is 2.30. The van der Waals surface area contributed by atoms with Crippen molar-refractivity contribution < 1.29 is 26.7 Å². The minimum absolute atomic E-state index is 0.158. The van der Waals surface area contributed by atoms with E-state index >= 15 is 0 Å². The van der Waals surface area contributed by atoms with Gasteiger partial charge in [0.05, 0.1) is 7.11 Å². The van der Waals surface area contributed by atoms with E-state index in [0.29, 0.717) is 11.6 Å². The minimum Gasteiger partial charge on any atom is -0.468 e. The summed E-state index contributed by atoms with van der Waals surface area (Å²) in [6, 6.07) is 10.6. The number of methoxy groups -OCH3 is 1. The van der Waals surface area contributed by atoms with E-state index in [9.17, 15) is 22.0 Å². The van der Waals surface area contributed by atoms with E-state index in [2.05, 4.69) is 4.74 Å². The van der Waals surface area contributed by atoms with Gasteiger partial charge in [0.2, 0.25) is 10.0 Å². The molecule has 8 heteroatoms. The van der Waals surface area contributed by atoms with Crippen molar-refractivity contribution in [1.29, 1.82) is 0 Å². The second kappa shape index (κ2) is 7.50. The van der Waals surface area contributed by atoms with Crippen molar-refractivity contribution in [3.8, 4) is 0 Å². The van der Waals surface area contributed by atoms with Crippen LogP contribution in [-0.4, -0.2) is 32.3 Å². The molecular formula is C16H15F2NO4S. The number of rotatable bonds is 6. The number of hydrogen-bond donors (Lipinski definition) is 0. The van der Waals surface area contributed by atoms with Crippen LogP contribution in [0, 0.1) is 11.6 Å². The molecular weight excluding hydrogens is 340 g/mol. The van der Waals surface area contributed by atoms with Crippen molar-refractivity contribution in [2.75, 3.05) is 13.7 Å². The largest absolute Gasteiger partial charge is 0.468 e. The third-order valence-corrected chi connectivity index (χ3v) is 5.07. The van der Waals surface area contributed by atoms with Gasteiger partial charge in [0.1, 0.15) is 23.1 Å². The number of hydrogen-bond acceptors (Lipinski definition) is 4. The topological polar surface area (TPSA) is 63.7 Å². The lowest BCUT2D eigenvalue weighted by molar-refractivity contribution is -0.140. The summed E-state index contributed by atoms with van der Waals surface area (Å²) in [5.74, 6) is -2.91. The van der Waals surface area contributed by atoms with Crippen molar-refractivity contribution in [2.45, 2.75) is 11.4 Å². The van der Waals surface area contributed by atoms with E-state index < -0.39 is 39.1 Å². The van der Waals surface area contributed by atoms with Gasteiger partial charge in [0.15, 0.2) is 0 Å². The fourth-order valence-electron chi connectivity index (χ4n) is 2.04. The Morgan fingerprint density at radius 3 is 2.38 bits per heavy atom. The van der Waals surface area contributed by atoms with E-state index in [1.54, 1.807) is 30.3 Å². The summed E-state index contributed by atoms with van der Waals surface area (Å²) < 4.78 is 57.6. The number of carbonyl (C=O) groups excluding carboxylic acids is 1. The van der Waals surface area contributed by atoms with Crippen molar-refractivity contribution in [3.63, 3.8) is 0 Å². The zero-order chi connectivity index (χ0) is 17.7. The summed E-state index contributed by atoms with van der Waals surface area (Å²) in [6.45, 7) is -0.750. The Hall–Kier alpha value is -2.32. The van der Waals surface area contributed by atoms with Gasteiger partial charge in [-0.2, -0.15) is 4.31 Å². The first-order valence-corrected chi connectivity index (χ1v) is 8.34. The molecule has 0 fully saturated rings. The average molecular weight is 355 g/mol. The van der Waals surface area contributed by atoms with Crippen LogP contribution in [0.25, 0.3) is 0 Å². The molecule has 0 saturated heterocycles. The molecule has 128 valence electrons. The molecule has 0 saturated carbocycles. The van der Waals surface area contributed by atoms with Crippen LogP contribution in [0.4, 0.5) is 8.78 Å². The molecule has 0 aromatic heterocycles. The lowest BCUT2D eigenvalue weighted by Gasteiger charge is -2.21. The van der Waals surface area contributed by atoms with Gasteiger partial charge >= 0.3 is 5.97 Å². The lowest BCUT2D eigenvalue weighted by Crippen LogP contribution is -2.36. The van der Waals surface area contributed by atoms with E-state index in [0.717, 1.165) is 23.5 Å². The molecule has 0 bridgehead atoms. The number of ether oxygens (including phenoxy) is 1. The molecule has 0 heterocycles. The summed E-state index contributed by atoms with van der Waals surface area (Å²) >= 11 is 0. The number of benzene rings is 2. The Balaban J connectivity index is 2.42. The summed E-state index contributed by atoms with van der Waals surface area (Å²) in [5.41, 5.74) is 0.604. The predicted molar refractivity (Wildman–Crippen MR) is 82.4 cm³/mol. The summed E-state index contributed by atoms with van der Waals surface area (Å²) in [6.07, 6.45) is 0. The highest BCUT2D eigenvalue weighted by Crippen LogP contribution is 2.22. The molecule has 0 aliphatic rings. The van der Waals surface area contributed by atoms with Crippen LogP contribution < -0.4 is 0 Å². The fourth-order valence-corrected chi connectivity index (χ4v) is 3.46. The van der Waals surface area contributed by atoms with Gasteiger partial charge in [-0.25, -0.2) is 17.2 Å². The normalized spacial score (nSPS) is 11.5. The molecule has 0 amide bonds. The standard InChI is InChI=1S/C16H15F2NO4S/c1-23-16(20)11-19(10-12-5-3-2-4-6-12)24(21,22)15-8-7-13(17)9-14(15)18/h2-9H,10-11H2,1H3. The van der Waals surface area contributed by atoms with Crippen LogP contribution in [0.5, 0.6) is 0 Å². The third kappa shape index (κ3) is 4.15. The van der Waals surface area contributed by atoms with Crippen LogP contribution in [0.2, 0.25) is 0 Å². The maximum absolute atomic E-state index is 13.9. The highest BCUT2D eigenvalue weighted by atomic mass is 32.2. The lowest BCUT2D eigenvalue weighted by atomic mass is 10.2. The van der Waals surface area contributed by atoms with Crippen LogP contribution in [0.1, 0.15) is 5.56 Å². The Bertz CT molecular complexity index is 825. The highest BCUT2D eigenvalue weighted by molar-refractivity contribution is 7.89. The molecule has 0 radical (unpaired) electrons. The Kier molecular flexibility index (Phi) is 5.63. The zero-order valence-electron chi connectivity index (χ0n) is 12.8. The number of sulfonamides is 1. The summed E-state index contributed by atoms with van der Waals surface area (Å²) in [5, 5.41) is 0. The molecule has 0 aliphatic heterocycles. The number of esters is 1. The minimum atomic E-state index is -4.36. The Labute approximate surface area is 138 Å². The summed E-state index contributed by atoms with van der Waals surface area (Å²) in [4.78, 5) is 10.8. The molecule has 2 rings (SSSR count). The van der Waals surface area contributed by atoms with Crippen molar-refractivity contribution in [1.82, 2.24) is 4.31 Å². The summed E-state index contributed by atoms with van der Waals surface area (Å²) in [7, 11) is -3.24. The van der Waals surface area contributed by atoms with Gasteiger partial charge in [-0.3, -0.25) is 4.79 Å². The van der Waals surface area contributed by atoms with E-state index in [4.69, 9.17) is 0 Å². The first-order valence-electron chi connectivity index (χ1n) is 6.90. The molecule has 2 aromatic rings. The van der Waals surface area contributed by atoms with E-state index in [1.807, 2.05) is 0 Å². The Morgan fingerprint density at radius 1 is 1.12 bits per heavy atom. The second-order valence-corrected chi connectivity index (χ2v) is 6.82. The quantitative estimate of drug-likeness (QED) is 0.746. The predicted octanol–water partition coefficient (Wildman–Crippen LogP) is 2.33. The molecule has 0 N–H and O–H groups in total. The fraction of sp³-hybridized carbons (Fsp3) is 0.188. The van der Waals surface area contributed by atoms with Gasteiger partial charge in [-0.1, -0.05) is 30.3 Å². The molecule has 0 spiro atoms. The van der Waals surface area contributed by atoms with Gasteiger partial charge in [0.25, 0.3) is 0 Å². The Morgan fingerprint density at radius 2 is 1.79 bits per heavy atom. The molecule has 2 aromatic carbocycles. The monoisotopic (exact) mass is 355 g/mol. The van der Waals surface area contributed by atoms with Gasteiger partial charge in [-0.15, -0.1) is 0 Å². The molecule has 0 unspecified atom stereocenters. The van der Waals surface area contributed by atoms with Crippen LogP contribution in [-0.2, 0) is 26.1 Å². The maximum Gasteiger partial charge on any atom is 0.321 e. The van der Waals surface area contributed by atoms with E-state index in [1.165, 1.54) is 0 Å². The SMILES string of the molecule is COC(=O)CN(Cc1ccccc1)S(=O)(=O)c1ccc(F)cc1F. The zero-order valence-corrected chi connectivity index (χ0v) is 13.6. The van der Waals surface area contributed by atoms with Crippen LogP contribution >= 0.6 is 0 Å². The second-order valence-electron chi connectivity index (χ2n) is 4.91. The van der Waals surface area contributed by atoms with Gasteiger partial charge < -0.3 is 4.74 Å². The van der Waals surface area contributed by atoms with Crippen LogP contribution in [0.15, 0.2) is 53.4 Å². The molecule has 0 aliphatic carbocycles. The van der Waals surface area contributed by atoms with Crippen molar-refractivity contribution in [2.24, 2.45) is 0 Å². The van der Waals surface area contributed by atoms with Crippen LogP contribution in [0.3, 0.4) is 0 Å². The molecule has 0 atom stereocenters. The van der Waals surface area contributed by atoms with Gasteiger partial charge in [0, 0.05) is 12.6 Å². The average Bonchev–Trinajstić information content (AvgIpc) is 2.54. The molecule has 24 heavy (non-hydrogen) atoms. The number of halogens is 2. The molecule has 5 nitrogen and oxygen atoms in total. The van der Waals surface area contributed by atoms with Crippen molar-refractivity contribution in [3.05, 3.63) is 65.7 Å². The third-order valence-electron chi connectivity index (χ3n) is 3.25. The van der Waals surface area contributed by atoms with Crippen molar-refractivity contribution >= 4 is 16.0 Å². The van der Waals surface area contributed by atoms with Gasteiger partial charge in [-0.05, 0) is 17.7 Å².